The molecule has 0 radical (unpaired) electrons. The summed E-state index contributed by atoms with van der Waals surface area (Å²) in [6, 6.07) is 3.55. The first-order chi connectivity index (χ1) is 8.03. The van der Waals surface area contributed by atoms with Gasteiger partial charge in [0, 0.05) is 19.3 Å². The van der Waals surface area contributed by atoms with Crippen LogP contribution in [-0.4, -0.2) is 45.8 Å². The van der Waals surface area contributed by atoms with E-state index in [1.165, 1.54) is 11.8 Å². The molecule has 4 nitrogen and oxygen atoms in total. The Kier molecular flexibility index (Phi) is 3.40. The van der Waals surface area contributed by atoms with Crippen LogP contribution in [0.1, 0.15) is 23.7 Å². The molecule has 17 heavy (non-hydrogen) atoms. The lowest BCUT2D eigenvalue weighted by Crippen LogP contribution is -2.34. The summed E-state index contributed by atoms with van der Waals surface area (Å²) in [7, 11) is 0. The smallest absolute Gasteiger partial charge is 0.256 e. The average molecular weight is 252 g/mol. The van der Waals surface area contributed by atoms with E-state index in [0.717, 1.165) is 5.03 Å². The quantitative estimate of drug-likeness (QED) is 0.808. The van der Waals surface area contributed by atoms with Gasteiger partial charge in [0.15, 0.2) is 0 Å². The highest BCUT2D eigenvalue weighted by Gasteiger charge is 2.34. The predicted molar refractivity (Wildman–Crippen MR) is 67.2 cm³/mol. The molecule has 0 saturated carbocycles. The Morgan fingerprint density at radius 1 is 1.65 bits per heavy atom. The molecule has 1 saturated heterocycles. The fourth-order valence-electron chi connectivity index (χ4n) is 2.01. The number of carbonyl (C=O) groups is 1. The molecule has 2 rings (SSSR count). The van der Waals surface area contributed by atoms with Crippen LogP contribution in [0.3, 0.4) is 0 Å². The van der Waals surface area contributed by atoms with E-state index < -0.39 is 5.60 Å². The number of carbonyl (C=O) groups excluding carboxylic acids is 1. The first kappa shape index (κ1) is 12.4. The van der Waals surface area contributed by atoms with Crippen molar-refractivity contribution in [2.24, 2.45) is 0 Å². The Morgan fingerprint density at radius 2 is 2.41 bits per heavy atom. The maximum Gasteiger partial charge on any atom is 0.256 e. The summed E-state index contributed by atoms with van der Waals surface area (Å²) in [6.07, 6.45) is 4.22. The molecule has 1 aliphatic rings. The predicted octanol–water partition coefficient (Wildman–Crippen LogP) is 1.40. The number of nitrogens with zero attached hydrogens (tertiary/aromatic N) is 2. The van der Waals surface area contributed by atoms with Crippen molar-refractivity contribution >= 4 is 17.7 Å². The summed E-state index contributed by atoms with van der Waals surface area (Å²) >= 11 is 1.46. The van der Waals surface area contributed by atoms with Crippen LogP contribution >= 0.6 is 11.8 Å². The molecule has 1 atom stereocenters. The Bertz CT molecular complexity index is 434. The summed E-state index contributed by atoms with van der Waals surface area (Å²) in [5.41, 5.74) is -0.130. The van der Waals surface area contributed by atoms with Crippen molar-refractivity contribution in [1.82, 2.24) is 9.88 Å². The summed E-state index contributed by atoms with van der Waals surface area (Å²) in [5, 5.41) is 10.6. The summed E-state index contributed by atoms with van der Waals surface area (Å²) in [5.74, 6) is -0.0415. The van der Waals surface area contributed by atoms with Crippen LogP contribution < -0.4 is 0 Å². The van der Waals surface area contributed by atoms with Gasteiger partial charge in [0.2, 0.25) is 0 Å². The number of aliphatic hydroxyl groups is 1. The van der Waals surface area contributed by atoms with Gasteiger partial charge in [-0.3, -0.25) is 4.79 Å². The number of aromatic nitrogens is 1. The summed E-state index contributed by atoms with van der Waals surface area (Å²) < 4.78 is 0. The van der Waals surface area contributed by atoms with E-state index in [4.69, 9.17) is 0 Å². The molecule has 0 bridgehead atoms. The first-order valence-corrected chi connectivity index (χ1v) is 6.77. The largest absolute Gasteiger partial charge is 0.388 e. The van der Waals surface area contributed by atoms with Crippen LogP contribution in [0.15, 0.2) is 23.4 Å². The summed E-state index contributed by atoms with van der Waals surface area (Å²) in [6.45, 7) is 2.77. The molecule has 1 fully saturated rings. The Morgan fingerprint density at radius 3 is 3.00 bits per heavy atom. The monoisotopic (exact) mass is 252 g/mol. The van der Waals surface area contributed by atoms with E-state index in [1.807, 2.05) is 6.26 Å². The molecule has 1 aromatic rings. The molecule has 1 N–H and O–H groups in total. The molecule has 2 heterocycles. The van der Waals surface area contributed by atoms with Gasteiger partial charge < -0.3 is 10.0 Å². The zero-order valence-electron chi connectivity index (χ0n) is 10.0. The highest BCUT2D eigenvalue weighted by Crippen LogP contribution is 2.24. The number of rotatable bonds is 2. The third-order valence-corrected chi connectivity index (χ3v) is 3.65. The summed E-state index contributed by atoms with van der Waals surface area (Å²) in [4.78, 5) is 18.1. The minimum Gasteiger partial charge on any atom is -0.388 e. The van der Waals surface area contributed by atoms with E-state index in [2.05, 4.69) is 4.98 Å². The van der Waals surface area contributed by atoms with Crippen molar-refractivity contribution in [1.29, 1.82) is 0 Å². The SMILES string of the molecule is CSc1ncccc1C(=O)N1CCC(C)(O)C1. The fourth-order valence-corrected chi connectivity index (χ4v) is 2.55. The molecular formula is C12H16N2O2S. The highest BCUT2D eigenvalue weighted by molar-refractivity contribution is 7.98. The van der Waals surface area contributed by atoms with Crippen molar-refractivity contribution in [3.8, 4) is 0 Å². The van der Waals surface area contributed by atoms with E-state index in [9.17, 15) is 9.90 Å². The van der Waals surface area contributed by atoms with Crippen molar-refractivity contribution in [2.75, 3.05) is 19.3 Å². The molecule has 92 valence electrons. The topological polar surface area (TPSA) is 53.4 Å². The first-order valence-electron chi connectivity index (χ1n) is 5.54. The number of β-amino-alcohol motifs (C(OH)–C–C–N with tert-alkyl or cyclic N) is 1. The number of hydrogen-bond acceptors (Lipinski definition) is 4. The van der Waals surface area contributed by atoms with Gasteiger partial charge in [-0.05, 0) is 31.7 Å². The highest BCUT2D eigenvalue weighted by atomic mass is 32.2. The van der Waals surface area contributed by atoms with Gasteiger partial charge in [0.1, 0.15) is 5.03 Å². The maximum absolute atomic E-state index is 12.3. The average Bonchev–Trinajstić information content (AvgIpc) is 2.68. The lowest BCUT2D eigenvalue weighted by Gasteiger charge is -2.19. The van der Waals surface area contributed by atoms with E-state index in [1.54, 1.807) is 30.2 Å². The molecule has 5 heteroatoms. The van der Waals surface area contributed by atoms with Gasteiger partial charge in [0.25, 0.3) is 5.91 Å². The third-order valence-electron chi connectivity index (χ3n) is 2.93. The lowest BCUT2D eigenvalue weighted by atomic mass is 10.1. The van der Waals surface area contributed by atoms with Crippen LogP contribution in [0.5, 0.6) is 0 Å². The number of pyridine rings is 1. The van der Waals surface area contributed by atoms with Crippen molar-refractivity contribution in [3.05, 3.63) is 23.9 Å². The molecule has 1 amide bonds. The van der Waals surface area contributed by atoms with Gasteiger partial charge in [0.05, 0.1) is 11.2 Å². The second-order valence-corrected chi connectivity index (χ2v) is 5.33. The fraction of sp³-hybridized carbons (Fsp3) is 0.500. The van der Waals surface area contributed by atoms with Gasteiger partial charge >= 0.3 is 0 Å². The van der Waals surface area contributed by atoms with Gasteiger partial charge in [-0.15, -0.1) is 11.8 Å². The van der Waals surface area contributed by atoms with E-state index in [0.29, 0.717) is 25.1 Å². The van der Waals surface area contributed by atoms with Crippen LogP contribution in [0.2, 0.25) is 0 Å². The Hall–Kier alpha value is -1.07. The van der Waals surface area contributed by atoms with Crippen LogP contribution in [0, 0.1) is 0 Å². The Labute approximate surface area is 105 Å². The molecule has 0 spiro atoms. The van der Waals surface area contributed by atoms with Crippen molar-refractivity contribution in [3.63, 3.8) is 0 Å². The zero-order valence-corrected chi connectivity index (χ0v) is 10.8. The number of hydrogen-bond donors (Lipinski definition) is 1. The number of thioether (sulfide) groups is 1. The Balaban J connectivity index is 2.20. The number of amides is 1. The zero-order chi connectivity index (χ0) is 12.5. The van der Waals surface area contributed by atoms with Gasteiger partial charge in [-0.25, -0.2) is 4.98 Å². The molecule has 0 aromatic carbocycles. The number of likely N-dealkylation sites (tertiary alicyclic amines) is 1. The van der Waals surface area contributed by atoms with E-state index in [-0.39, 0.29) is 5.91 Å². The third kappa shape index (κ3) is 2.61. The van der Waals surface area contributed by atoms with Crippen LogP contribution in [-0.2, 0) is 0 Å². The van der Waals surface area contributed by atoms with E-state index >= 15 is 0 Å². The van der Waals surface area contributed by atoms with Crippen molar-refractivity contribution < 1.29 is 9.90 Å². The molecule has 1 unspecified atom stereocenters. The standard InChI is InChI=1S/C12H16N2O2S/c1-12(16)5-7-14(8-12)11(15)9-4-3-6-13-10(9)17-2/h3-4,6,16H,5,7-8H2,1-2H3. The molecular weight excluding hydrogens is 236 g/mol. The molecule has 1 aliphatic heterocycles. The molecule has 1 aromatic heterocycles. The maximum atomic E-state index is 12.3. The second-order valence-electron chi connectivity index (χ2n) is 4.53. The second kappa shape index (κ2) is 4.66. The molecule has 0 aliphatic carbocycles. The minimum absolute atomic E-state index is 0.0415. The van der Waals surface area contributed by atoms with Gasteiger partial charge in [-0.2, -0.15) is 0 Å². The normalized spacial score (nSPS) is 24.1. The van der Waals surface area contributed by atoms with Crippen molar-refractivity contribution in [2.45, 2.75) is 24.0 Å². The van der Waals surface area contributed by atoms with Crippen LogP contribution in [0.4, 0.5) is 0 Å². The van der Waals surface area contributed by atoms with Crippen LogP contribution in [0.25, 0.3) is 0 Å². The van der Waals surface area contributed by atoms with Gasteiger partial charge in [-0.1, -0.05) is 0 Å². The minimum atomic E-state index is -0.753. The lowest BCUT2D eigenvalue weighted by molar-refractivity contribution is 0.0570.